The molecule has 150 valence electrons. The molecule has 11 heteroatoms. The van der Waals surface area contributed by atoms with Gasteiger partial charge in [-0.25, -0.2) is 16.8 Å². The number of anilines is 2. The standard InChI is InChI=1S/C17H21BN2O6S2/c1-2-7-27(22,23)11-13-8-14(19)4-6-17(13)28(24,25)20-15-5-3-12-10-26-18(21)16(12)9-15/h3-6,8-9,20-21H,2,7,10-11,19H2,1H3. The summed E-state index contributed by atoms with van der Waals surface area (Å²) in [7, 11) is -8.65. The Balaban J connectivity index is 1.95. The minimum atomic E-state index is -4.08. The Labute approximate surface area is 164 Å². The summed E-state index contributed by atoms with van der Waals surface area (Å²) < 4.78 is 57.8. The minimum Gasteiger partial charge on any atom is -0.423 e. The van der Waals surface area contributed by atoms with Crippen molar-refractivity contribution in [1.82, 2.24) is 0 Å². The van der Waals surface area contributed by atoms with Crippen LogP contribution in [0.3, 0.4) is 0 Å². The average Bonchev–Trinajstić information content (AvgIpc) is 2.94. The number of fused-ring (bicyclic) bond motifs is 1. The highest BCUT2D eigenvalue weighted by atomic mass is 32.2. The zero-order valence-electron chi connectivity index (χ0n) is 15.3. The molecular formula is C17H21BN2O6S2. The molecule has 1 aliphatic heterocycles. The van der Waals surface area contributed by atoms with Gasteiger partial charge in [0.05, 0.1) is 23.0 Å². The Morgan fingerprint density at radius 1 is 1.18 bits per heavy atom. The summed E-state index contributed by atoms with van der Waals surface area (Å²) in [5.41, 5.74) is 7.63. The van der Waals surface area contributed by atoms with Crippen molar-refractivity contribution < 1.29 is 26.5 Å². The van der Waals surface area contributed by atoms with Crippen LogP contribution in [0.5, 0.6) is 0 Å². The number of benzene rings is 2. The van der Waals surface area contributed by atoms with Crippen LogP contribution >= 0.6 is 0 Å². The van der Waals surface area contributed by atoms with Crippen molar-refractivity contribution >= 4 is 43.8 Å². The van der Waals surface area contributed by atoms with Crippen LogP contribution in [0, 0.1) is 0 Å². The van der Waals surface area contributed by atoms with Crippen LogP contribution in [0.1, 0.15) is 24.5 Å². The van der Waals surface area contributed by atoms with Crippen molar-refractivity contribution in [3.63, 3.8) is 0 Å². The van der Waals surface area contributed by atoms with E-state index < -0.39 is 32.7 Å². The van der Waals surface area contributed by atoms with Crippen molar-refractivity contribution in [2.24, 2.45) is 0 Å². The van der Waals surface area contributed by atoms with Crippen molar-refractivity contribution in [2.45, 2.75) is 30.6 Å². The van der Waals surface area contributed by atoms with Gasteiger partial charge in [-0.3, -0.25) is 4.72 Å². The third-order valence-electron chi connectivity index (χ3n) is 4.33. The van der Waals surface area contributed by atoms with E-state index in [0.29, 0.717) is 11.9 Å². The molecule has 28 heavy (non-hydrogen) atoms. The third-order valence-corrected chi connectivity index (χ3v) is 7.59. The van der Waals surface area contributed by atoms with Gasteiger partial charge in [-0.15, -0.1) is 0 Å². The summed E-state index contributed by atoms with van der Waals surface area (Å²) in [5.74, 6) is -0.462. The van der Waals surface area contributed by atoms with Gasteiger partial charge in [0.15, 0.2) is 9.84 Å². The van der Waals surface area contributed by atoms with Crippen LogP contribution in [0.15, 0.2) is 41.3 Å². The number of nitrogen functional groups attached to an aromatic ring is 1. The second kappa shape index (κ2) is 7.74. The van der Waals surface area contributed by atoms with Gasteiger partial charge in [-0.05, 0) is 53.3 Å². The van der Waals surface area contributed by atoms with E-state index in [1.165, 1.54) is 24.3 Å². The normalized spacial score (nSPS) is 14.1. The number of rotatable bonds is 7. The molecule has 1 aliphatic rings. The number of hydrogen-bond acceptors (Lipinski definition) is 7. The summed E-state index contributed by atoms with van der Waals surface area (Å²) in [6.07, 6.45) is 0.435. The first-order valence-corrected chi connectivity index (χ1v) is 12.0. The SMILES string of the molecule is CCCS(=O)(=O)Cc1cc(N)ccc1S(=O)(=O)Nc1ccc2c(c1)B(O)OC2. The highest BCUT2D eigenvalue weighted by molar-refractivity contribution is 7.93. The molecule has 0 atom stereocenters. The molecule has 0 aliphatic carbocycles. The Hall–Kier alpha value is -2.08. The van der Waals surface area contributed by atoms with Crippen LogP contribution < -0.4 is 15.9 Å². The van der Waals surface area contributed by atoms with Crippen molar-refractivity contribution in [1.29, 1.82) is 0 Å². The molecule has 0 unspecified atom stereocenters. The van der Waals surface area contributed by atoms with E-state index in [0.717, 1.165) is 5.56 Å². The summed E-state index contributed by atoms with van der Waals surface area (Å²) in [6.45, 7) is 1.99. The molecule has 0 radical (unpaired) electrons. The third kappa shape index (κ3) is 4.49. The quantitative estimate of drug-likeness (QED) is 0.438. The fraction of sp³-hybridized carbons (Fsp3) is 0.294. The molecule has 0 aromatic heterocycles. The van der Waals surface area contributed by atoms with E-state index in [2.05, 4.69) is 4.72 Å². The summed E-state index contributed by atoms with van der Waals surface area (Å²) >= 11 is 0. The lowest BCUT2D eigenvalue weighted by molar-refractivity contribution is 0.275. The monoisotopic (exact) mass is 424 g/mol. The summed E-state index contributed by atoms with van der Waals surface area (Å²) in [6, 6.07) is 8.78. The summed E-state index contributed by atoms with van der Waals surface area (Å²) in [5, 5.41) is 9.79. The first-order valence-electron chi connectivity index (χ1n) is 8.65. The van der Waals surface area contributed by atoms with Gasteiger partial charge in [0, 0.05) is 11.4 Å². The second-order valence-corrected chi connectivity index (χ2v) is 10.5. The number of sulfone groups is 1. The Kier molecular flexibility index (Phi) is 5.71. The van der Waals surface area contributed by atoms with Gasteiger partial charge in [0.2, 0.25) is 0 Å². The largest absolute Gasteiger partial charge is 0.491 e. The zero-order chi connectivity index (χ0) is 20.5. The fourth-order valence-electron chi connectivity index (χ4n) is 3.08. The molecule has 3 rings (SSSR count). The Morgan fingerprint density at radius 3 is 2.64 bits per heavy atom. The second-order valence-electron chi connectivity index (χ2n) is 6.64. The summed E-state index contributed by atoms with van der Waals surface area (Å²) in [4.78, 5) is -0.154. The Morgan fingerprint density at radius 2 is 1.93 bits per heavy atom. The fourth-order valence-corrected chi connectivity index (χ4v) is 5.92. The lowest BCUT2D eigenvalue weighted by atomic mass is 9.79. The van der Waals surface area contributed by atoms with Crippen LogP contribution in [-0.2, 0) is 36.9 Å². The van der Waals surface area contributed by atoms with Gasteiger partial charge in [0.1, 0.15) is 0 Å². The van der Waals surface area contributed by atoms with Gasteiger partial charge >= 0.3 is 7.12 Å². The zero-order valence-corrected chi connectivity index (χ0v) is 16.9. The number of sulfonamides is 1. The van der Waals surface area contributed by atoms with Crippen molar-refractivity contribution in [3.8, 4) is 0 Å². The molecule has 0 saturated heterocycles. The van der Waals surface area contributed by atoms with Gasteiger partial charge in [-0.1, -0.05) is 13.0 Å². The number of nitrogens with one attached hydrogen (secondary N) is 1. The van der Waals surface area contributed by atoms with E-state index in [-0.39, 0.29) is 34.2 Å². The molecule has 2 aromatic carbocycles. The maximum atomic E-state index is 12.9. The van der Waals surface area contributed by atoms with E-state index in [1.807, 2.05) is 0 Å². The van der Waals surface area contributed by atoms with Crippen molar-refractivity contribution in [2.75, 3.05) is 16.2 Å². The van der Waals surface area contributed by atoms with Crippen LogP contribution in [0.4, 0.5) is 11.4 Å². The van der Waals surface area contributed by atoms with E-state index in [9.17, 15) is 21.9 Å². The molecular weight excluding hydrogens is 403 g/mol. The highest BCUT2D eigenvalue weighted by Gasteiger charge is 2.28. The van der Waals surface area contributed by atoms with Crippen LogP contribution in [0.25, 0.3) is 0 Å². The lowest BCUT2D eigenvalue weighted by Crippen LogP contribution is -2.28. The van der Waals surface area contributed by atoms with E-state index >= 15 is 0 Å². The molecule has 0 bridgehead atoms. The van der Waals surface area contributed by atoms with Crippen LogP contribution in [-0.4, -0.2) is 34.7 Å². The molecule has 1 heterocycles. The van der Waals surface area contributed by atoms with Gasteiger partial charge in [0.25, 0.3) is 10.0 Å². The van der Waals surface area contributed by atoms with Crippen molar-refractivity contribution in [3.05, 3.63) is 47.5 Å². The smallest absolute Gasteiger partial charge is 0.423 e. The molecule has 2 aromatic rings. The number of hydrogen-bond donors (Lipinski definition) is 3. The molecule has 0 spiro atoms. The predicted octanol–water partition coefficient (Wildman–Crippen LogP) is 0.612. The average molecular weight is 424 g/mol. The van der Waals surface area contributed by atoms with Gasteiger partial charge in [-0.2, -0.15) is 0 Å². The molecule has 8 nitrogen and oxygen atoms in total. The molecule has 0 saturated carbocycles. The first kappa shape index (κ1) is 20.7. The topological polar surface area (TPSA) is 136 Å². The van der Waals surface area contributed by atoms with Crippen LogP contribution in [0.2, 0.25) is 0 Å². The highest BCUT2D eigenvalue weighted by Crippen LogP contribution is 2.25. The maximum Gasteiger partial charge on any atom is 0.491 e. The maximum absolute atomic E-state index is 12.9. The van der Waals surface area contributed by atoms with E-state index in [1.54, 1.807) is 19.1 Å². The Bertz CT molecular complexity index is 1100. The molecule has 4 N–H and O–H groups in total. The van der Waals surface area contributed by atoms with E-state index in [4.69, 9.17) is 10.4 Å². The first-order chi connectivity index (χ1) is 13.1. The lowest BCUT2D eigenvalue weighted by Gasteiger charge is -2.14. The predicted molar refractivity (Wildman–Crippen MR) is 108 cm³/mol. The molecule has 0 amide bonds. The van der Waals surface area contributed by atoms with Gasteiger partial charge < -0.3 is 15.4 Å². The number of nitrogens with two attached hydrogens (primary N) is 1. The minimum absolute atomic E-state index is 0.0442. The molecule has 0 fully saturated rings.